The Balaban J connectivity index is 4.00. The number of aliphatic hydroxyl groups excluding tert-OH is 1. The Morgan fingerprint density at radius 3 is 1.35 bits per heavy atom. The number of unbranched alkanes of at least 4 members (excludes halogenated alkanes) is 22. The molecule has 0 saturated carbocycles. The van der Waals surface area contributed by atoms with E-state index in [1.807, 2.05) is 6.92 Å². The van der Waals surface area contributed by atoms with Crippen LogP contribution in [0.15, 0.2) is 0 Å². The van der Waals surface area contributed by atoms with E-state index in [0.717, 1.165) is 103 Å². The van der Waals surface area contributed by atoms with Crippen LogP contribution >= 0.6 is 0 Å². The normalized spacial score (nSPS) is 12.1. The second kappa shape index (κ2) is 38.1. The standard InChI is InChI=1S/C43H86N2O4/c1-5-8-11-14-18-25-32-41(4)49-43(48)34-27-20-17-23-29-36-44(39-40-46)35-28-22-16-19-26-33-42(47)45(37-30-21-13-10-7-3)38-31-24-15-12-9-6-2/h41,46H,5-40H2,1-4H3. The maximum Gasteiger partial charge on any atom is 0.306 e. The molecule has 1 N–H and O–H groups in total. The summed E-state index contributed by atoms with van der Waals surface area (Å²) in [6, 6.07) is 0. The maximum atomic E-state index is 13.1. The Bertz CT molecular complexity index is 703. The minimum Gasteiger partial charge on any atom is -0.463 e. The quantitative estimate of drug-likeness (QED) is 0.0512. The molecular formula is C43H86N2O4. The Kier molecular flexibility index (Phi) is 37.2. The average Bonchev–Trinajstić information content (AvgIpc) is 3.09. The Hall–Kier alpha value is -1.14. The molecule has 1 unspecified atom stereocenters. The van der Waals surface area contributed by atoms with Crippen LogP contribution in [0.3, 0.4) is 0 Å². The van der Waals surface area contributed by atoms with Crippen molar-refractivity contribution in [2.45, 2.75) is 226 Å². The number of carbonyl (C=O) groups is 2. The SMILES string of the molecule is CCCCCCCCC(C)OC(=O)CCCCCCCN(CCO)CCCCCCCC(=O)N(CCCCCCC)CCCCCCCC. The lowest BCUT2D eigenvalue weighted by Gasteiger charge is -2.23. The minimum atomic E-state index is -0.0298. The van der Waals surface area contributed by atoms with E-state index in [1.54, 1.807) is 0 Å². The van der Waals surface area contributed by atoms with Gasteiger partial charge in [-0.15, -0.1) is 0 Å². The highest BCUT2D eigenvalue weighted by Crippen LogP contribution is 2.14. The van der Waals surface area contributed by atoms with Crippen molar-refractivity contribution in [3.63, 3.8) is 0 Å². The summed E-state index contributed by atoms with van der Waals surface area (Å²) in [7, 11) is 0. The van der Waals surface area contributed by atoms with Gasteiger partial charge in [-0.05, 0) is 71.4 Å². The molecule has 0 aromatic heterocycles. The van der Waals surface area contributed by atoms with Gasteiger partial charge in [0.2, 0.25) is 5.91 Å². The van der Waals surface area contributed by atoms with Crippen LogP contribution in [-0.4, -0.2) is 72.2 Å². The van der Waals surface area contributed by atoms with Crippen LogP contribution < -0.4 is 0 Å². The number of rotatable bonds is 39. The molecule has 0 saturated heterocycles. The first-order valence-corrected chi connectivity index (χ1v) is 21.8. The fraction of sp³-hybridized carbons (Fsp3) is 0.953. The van der Waals surface area contributed by atoms with Crippen LogP contribution in [-0.2, 0) is 14.3 Å². The van der Waals surface area contributed by atoms with E-state index >= 15 is 0 Å². The van der Waals surface area contributed by atoms with E-state index in [9.17, 15) is 14.7 Å². The summed E-state index contributed by atoms with van der Waals surface area (Å²) < 4.78 is 5.61. The molecule has 0 radical (unpaired) electrons. The molecular weight excluding hydrogens is 608 g/mol. The van der Waals surface area contributed by atoms with Gasteiger partial charge in [-0.2, -0.15) is 0 Å². The van der Waals surface area contributed by atoms with Crippen molar-refractivity contribution < 1.29 is 19.4 Å². The highest BCUT2D eigenvalue weighted by Gasteiger charge is 2.13. The number of ether oxygens (including phenoxy) is 1. The van der Waals surface area contributed by atoms with E-state index < -0.39 is 0 Å². The van der Waals surface area contributed by atoms with E-state index in [0.29, 0.717) is 18.7 Å². The van der Waals surface area contributed by atoms with Crippen LogP contribution in [0, 0.1) is 0 Å². The van der Waals surface area contributed by atoms with Crippen molar-refractivity contribution >= 4 is 11.9 Å². The summed E-state index contributed by atoms with van der Waals surface area (Å²) in [4.78, 5) is 29.8. The van der Waals surface area contributed by atoms with E-state index in [2.05, 4.69) is 30.6 Å². The van der Waals surface area contributed by atoms with Crippen LogP contribution in [0.4, 0.5) is 0 Å². The Labute approximate surface area is 306 Å². The molecule has 6 heteroatoms. The molecule has 1 amide bonds. The predicted octanol–water partition coefficient (Wildman–Crippen LogP) is 11.8. The topological polar surface area (TPSA) is 70.1 Å². The fourth-order valence-electron chi connectivity index (χ4n) is 6.82. The molecule has 0 aromatic carbocycles. The lowest BCUT2D eigenvalue weighted by atomic mass is 10.1. The summed E-state index contributed by atoms with van der Waals surface area (Å²) in [6.07, 6.45) is 35.0. The van der Waals surface area contributed by atoms with E-state index in [-0.39, 0.29) is 18.7 Å². The van der Waals surface area contributed by atoms with E-state index in [1.165, 1.54) is 109 Å². The first-order valence-electron chi connectivity index (χ1n) is 21.8. The molecule has 6 nitrogen and oxygen atoms in total. The number of hydrogen-bond donors (Lipinski definition) is 1. The number of nitrogens with zero attached hydrogens (tertiary/aromatic N) is 2. The zero-order valence-electron chi connectivity index (χ0n) is 33.6. The Morgan fingerprint density at radius 2 is 0.878 bits per heavy atom. The highest BCUT2D eigenvalue weighted by molar-refractivity contribution is 5.76. The average molecular weight is 695 g/mol. The monoisotopic (exact) mass is 695 g/mol. The van der Waals surface area contributed by atoms with Gasteiger partial charge in [-0.3, -0.25) is 9.59 Å². The molecule has 0 rings (SSSR count). The lowest BCUT2D eigenvalue weighted by Crippen LogP contribution is -2.32. The third-order valence-electron chi connectivity index (χ3n) is 10.1. The molecule has 49 heavy (non-hydrogen) atoms. The van der Waals surface area contributed by atoms with Crippen molar-refractivity contribution in [2.24, 2.45) is 0 Å². The third kappa shape index (κ3) is 33.7. The zero-order chi connectivity index (χ0) is 36.0. The summed E-state index contributed by atoms with van der Waals surface area (Å²) >= 11 is 0. The molecule has 0 bridgehead atoms. The van der Waals surface area contributed by atoms with Gasteiger partial charge in [0, 0.05) is 32.5 Å². The molecule has 0 aliphatic carbocycles. The summed E-state index contributed by atoms with van der Waals surface area (Å²) in [5.41, 5.74) is 0. The lowest BCUT2D eigenvalue weighted by molar-refractivity contribution is -0.148. The largest absolute Gasteiger partial charge is 0.463 e. The molecule has 1 atom stereocenters. The molecule has 0 spiro atoms. The van der Waals surface area contributed by atoms with Crippen molar-refractivity contribution in [3.8, 4) is 0 Å². The number of hydrogen-bond acceptors (Lipinski definition) is 5. The van der Waals surface area contributed by atoms with Gasteiger partial charge in [0.05, 0.1) is 12.7 Å². The number of amides is 1. The smallest absolute Gasteiger partial charge is 0.306 e. The second-order valence-corrected chi connectivity index (χ2v) is 15.0. The molecule has 0 heterocycles. The van der Waals surface area contributed by atoms with Crippen molar-refractivity contribution in [2.75, 3.05) is 39.3 Å². The number of aliphatic hydroxyl groups is 1. The van der Waals surface area contributed by atoms with Gasteiger partial charge in [0.1, 0.15) is 0 Å². The predicted molar refractivity (Wildman–Crippen MR) is 211 cm³/mol. The molecule has 0 aromatic rings. The van der Waals surface area contributed by atoms with Crippen molar-refractivity contribution in [1.82, 2.24) is 9.80 Å². The minimum absolute atomic E-state index is 0.0298. The Morgan fingerprint density at radius 1 is 0.490 bits per heavy atom. The van der Waals surface area contributed by atoms with Gasteiger partial charge in [0.15, 0.2) is 0 Å². The van der Waals surface area contributed by atoms with Crippen molar-refractivity contribution in [3.05, 3.63) is 0 Å². The van der Waals surface area contributed by atoms with Crippen molar-refractivity contribution in [1.29, 1.82) is 0 Å². The summed E-state index contributed by atoms with van der Waals surface area (Å²) in [6.45, 7) is 13.8. The van der Waals surface area contributed by atoms with Gasteiger partial charge in [-0.1, -0.05) is 149 Å². The van der Waals surface area contributed by atoms with Crippen LogP contribution in [0.1, 0.15) is 220 Å². The third-order valence-corrected chi connectivity index (χ3v) is 10.1. The number of esters is 1. The zero-order valence-corrected chi connectivity index (χ0v) is 33.6. The van der Waals surface area contributed by atoms with Gasteiger partial charge < -0.3 is 19.6 Å². The highest BCUT2D eigenvalue weighted by atomic mass is 16.5. The second-order valence-electron chi connectivity index (χ2n) is 15.0. The van der Waals surface area contributed by atoms with Gasteiger partial charge in [0.25, 0.3) is 0 Å². The molecule has 292 valence electrons. The number of carbonyl (C=O) groups excluding carboxylic acids is 2. The molecule has 0 fully saturated rings. The summed E-state index contributed by atoms with van der Waals surface area (Å²) in [5.74, 6) is 0.351. The summed E-state index contributed by atoms with van der Waals surface area (Å²) in [5, 5.41) is 9.56. The van der Waals surface area contributed by atoms with E-state index in [4.69, 9.17) is 4.74 Å². The first-order chi connectivity index (χ1) is 24.0. The fourth-order valence-corrected chi connectivity index (χ4v) is 6.82. The van der Waals surface area contributed by atoms with Gasteiger partial charge in [-0.25, -0.2) is 0 Å². The van der Waals surface area contributed by atoms with Crippen LogP contribution in [0.25, 0.3) is 0 Å². The van der Waals surface area contributed by atoms with Crippen LogP contribution in [0.5, 0.6) is 0 Å². The van der Waals surface area contributed by atoms with Gasteiger partial charge >= 0.3 is 5.97 Å². The molecule has 0 aliphatic rings. The van der Waals surface area contributed by atoms with Crippen LogP contribution in [0.2, 0.25) is 0 Å². The maximum absolute atomic E-state index is 13.1. The molecule has 0 aliphatic heterocycles. The first kappa shape index (κ1) is 47.9.